The number of carbonyl (C=O) groups is 1. The number of methoxy groups -OCH3 is 1. The first-order chi connectivity index (χ1) is 14.9. The molecule has 6 nitrogen and oxygen atoms in total. The zero-order valence-electron chi connectivity index (χ0n) is 16.1. The van der Waals surface area contributed by atoms with E-state index in [0.29, 0.717) is 43.6 Å². The Labute approximate surface area is 193 Å². The maximum Gasteiger partial charge on any atom is 0.295 e. The van der Waals surface area contributed by atoms with Gasteiger partial charge in [-0.2, -0.15) is 0 Å². The number of hydrogen-bond donors (Lipinski definition) is 1. The zero-order chi connectivity index (χ0) is 22.0. The lowest BCUT2D eigenvalue weighted by Crippen LogP contribution is -2.14. The lowest BCUT2D eigenvalue weighted by molar-refractivity contribution is 0.101. The first-order valence-corrected chi connectivity index (χ1v) is 10.2. The van der Waals surface area contributed by atoms with Crippen LogP contribution in [0.2, 0.25) is 15.1 Å². The van der Waals surface area contributed by atoms with E-state index < -0.39 is 5.91 Å². The summed E-state index contributed by atoms with van der Waals surface area (Å²) in [6.45, 7) is 0. The van der Waals surface area contributed by atoms with Crippen molar-refractivity contribution in [2.75, 3.05) is 12.4 Å². The Morgan fingerprint density at radius 1 is 0.968 bits per heavy atom. The summed E-state index contributed by atoms with van der Waals surface area (Å²) in [6.07, 6.45) is 0. The monoisotopic (exact) mass is 472 g/mol. The molecule has 156 valence electrons. The highest BCUT2D eigenvalue weighted by molar-refractivity contribution is 6.42. The fourth-order valence-corrected chi connectivity index (χ4v) is 3.39. The molecule has 0 aliphatic carbocycles. The molecule has 3 aromatic carbocycles. The van der Waals surface area contributed by atoms with Gasteiger partial charge in [0, 0.05) is 22.3 Å². The van der Waals surface area contributed by atoms with Crippen LogP contribution in [0.25, 0.3) is 17.1 Å². The molecule has 1 heterocycles. The zero-order valence-corrected chi connectivity index (χ0v) is 18.4. The molecule has 4 aromatic rings. The van der Waals surface area contributed by atoms with E-state index in [1.165, 1.54) is 4.68 Å². The molecular formula is C22H15Cl3N4O2. The quantitative estimate of drug-likeness (QED) is 0.377. The van der Waals surface area contributed by atoms with E-state index in [-0.39, 0.29) is 5.82 Å². The van der Waals surface area contributed by atoms with Gasteiger partial charge in [-0.15, -0.1) is 5.10 Å². The topological polar surface area (TPSA) is 69.0 Å². The first kappa shape index (κ1) is 21.2. The highest BCUT2D eigenvalue weighted by Crippen LogP contribution is 2.28. The van der Waals surface area contributed by atoms with Crippen LogP contribution in [0.4, 0.5) is 5.69 Å². The SMILES string of the molecule is COc1cccc(NC(=O)c2nc(-c3cccc(Cl)c3)n(-c3ccc(Cl)c(Cl)c3)n2)c1. The largest absolute Gasteiger partial charge is 0.497 e. The molecule has 0 spiro atoms. The summed E-state index contributed by atoms with van der Waals surface area (Å²) in [7, 11) is 1.55. The van der Waals surface area contributed by atoms with E-state index in [9.17, 15) is 4.79 Å². The fourth-order valence-electron chi connectivity index (χ4n) is 2.91. The van der Waals surface area contributed by atoms with Gasteiger partial charge in [0.1, 0.15) is 5.75 Å². The predicted molar refractivity (Wildman–Crippen MR) is 123 cm³/mol. The van der Waals surface area contributed by atoms with Crippen molar-refractivity contribution in [3.8, 4) is 22.8 Å². The Hall–Kier alpha value is -3.06. The third kappa shape index (κ3) is 4.66. The molecule has 4 rings (SSSR count). The number of anilines is 1. The summed E-state index contributed by atoms with van der Waals surface area (Å²) in [6, 6.07) is 19.1. The van der Waals surface area contributed by atoms with Gasteiger partial charge in [0.25, 0.3) is 5.91 Å². The number of nitrogens with zero attached hydrogens (tertiary/aromatic N) is 3. The third-order valence-corrected chi connectivity index (χ3v) is 5.34. The molecule has 0 unspecified atom stereocenters. The molecule has 0 atom stereocenters. The number of amides is 1. The summed E-state index contributed by atoms with van der Waals surface area (Å²) >= 11 is 18.4. The molecule has 0 saturated carbocycles. The van der Waals surface area contributed by atoms with E-state index in [2.05, 4.69) is 15.4 Å². The Morgan fingerprint density at radius 2 is 1.77 bits per heavy atom. The maximum absolute atomic E-state index is 12.9. The van der Waals surface area contributed by atoms with Crippen LogP contribution in [0, 0.1) is 0 Å². The Morgan fingerprint density at radius 3 is 2.52 bits per heavy atom. The van der Waals surface area contributed by atoms with Crippen LogP contribution >= 0.6 is 34.8 Å². The minimum Gasteiger partial charge on any atom is -0.497 e. The number of nitrogens with one attached hydrogen (secondary N) is 1. The fraction of sp³-hybridized carbons (Fsp3) is 0.0455. The lowest BCUT2D eigenvalue weighted by atomic mass is 10.2. The van der Waals surface area contributed by atoms with Crippen molar-refractivity contribution in [3.05, 3.63) is 87.6 Å². The number of benzene rings is 3. The van der Waals surface area contributed by atoms with E-state index in [1.54, 1.807) is 67.8 Å². The number of carbonyl (C=O) groups excluding carboxylic acids is 1. The molecule has 1 amide bonds. The number of rotatable bonds is 5. The Balaban J connectivity index is 1.77. The van der Waals surface area contributed by atoms with Crippen LogP contribution < -0.4 is 10.1 Å². The van der Waals surface area contributed by atoms with E-state index >= 15 is 0 Å². The molecule has 1 N–H and O–H groups in total. The van der Waals surface area contributed by atoms with Gasteiger partial charge in [0.05, 0.1) is 22.8 Å². The number of ether oxygens (including phenoxy) is 1. The average Bonchev–Trinajstić information content (AvgIpc) is 3.21. The Kier molecular flexibility index (Phi) is 6.13. The molecular weight excluding hydrogens is 459 g/mol. The number of aromatic nitrogens is 3. The maximum atomic E-state index is 12.9. The van der Waals surface area contributed by atoms with Crippen LogP contribution in [0.3, 0.4) is 0 Å². The van der Waals surface area contributed by atoms with Crippen molar-refractivity contribution in [2.45, 2.75) is 0 Å². The van der Waals surface area contributed by atoms with Gasteiger partial charge >= 0.3 is 0 Å². The second-order valence-corrected chi connectivity index (χ2v) is 7.72. The van der Waals surface area contributed by atoms with Gasteiger partial charge in [-0.05, 0) is 42.5 Å². The summed E-state index contributed by atoms with van der Waals surface area (Å²) in [5, 5.41) is 8.49. The van der Waals surface area contributed by atoms with Gasteiger partial charge in [-0.25, -0.2) is 9.67 Å². The molecule has 0 bridgehead atoms. The molecule has 0 saturated heterocycles. The van der Waals surface area contributed by atoms with Crippen molar-refractivity contribution in [3.63, 3.8) is 0 Å². The van der Waals surface area contributed by atoms with Crippen LogP contribution in [0.15, 0.2) is 66.7 Å². The molecule has 0 fully saturated rings. The lowest BCUT2D eigenvalue weighted by Gasteiger charge is -2.07. The molecule has 0 aliphatic rings. The minimum atomic E-state index is -0.477. The summed E-state index contributed by atoms with van der Waals surface area (Å²) in [5.74, 6) is 0.544. The molecule has 1 aromatic heterocycles. The molecule has 0 radical (unpaired) electrons. The number of halogens is 3. The van der Waals surface area contributed by atoms with Gasteiger partial charge in [-0.3, -0.25) is 4.79 Å². The molecule has 31 heavy (non-hydrogen) atoms. The second-order valence-electron chi connectivity index (χ2n) is 6.47. The van der Waals surface area contributed by atoms with Crippen molar-refractivity contribution in [1.29, 1.82) is 0 Å². The molecule has 9 heteroatoms. The van der Waals surface area contributed by atoms with Crippen LogP contribution in [-0.4, -0.2) is 27.8 Å². The van der Waals surface area contributed by atoms with Crippen molar-refractivity contribution in [1.82, 2.24) is 14.8 Å². The molecule has 0 aliphatic heterocycles. The van der Waals surface area contributed by atoms with Gasteiger partial charge < -0.3 is 10.1 Å². The standard InChI is InChI=1S/C22H15Cl3N4O2/c1-31-17-7-3-6-15(11-17)26-22(30)20-27-21(13-4-2-5-14(23)10-13)29(28-20)16-8-9-18(24)19(25)12-16/h2-12H,1H3,(H,26,30). The summed E-state index contributed by atoms with van der Waals surface area (Å²) < 4.78 is 6.71. The third-order valence-electron chi connectivity index (χ3n) is 4.37. The van der Waals surface area contributed by atoms with E-state index in [4.69, 9.17) is 39.5 Å². The van der Waals surface area contributed by atoms with Gasteiger partial charge in [-0.1, -0.05) is 53.0 Å². The highest BCUT2D eigenvalue weighted by atomic mass is 35.5. The van der Waals surface area contributed by atoms with Crippen molar-refractivity contribution < 1.29 is 9.53 Å². The number of hydrogen-bond acceptors (Lipinski definition) is 4. The van der Waals surface area contributed by atoms with Crippen molar-refractivity contribution in [2.24, 2.45) is 0 Å². The minimum absolute atomic E-state index is 0.0242. The normalized spacial score (nSPS) is 10.7. The van der Waals surface area contributed by atoms with Crippen LogP contribution in [-0.2, 0) is 0 Å². The van der Waals surface area contributed by atoms with Gasteiger partial charge in [0.2, 0.25) is 5.82 Å². The van der Waals surface area contributed by atoms with Crippen LogP contribution in [0.5, 0.6) is 5.75 Å². The first-order valence-electron chi connectivity index (χ1n) is 9.08. The van der Waals surface area contributed by atoms with Gasteiger partial charge in [0.15, 0.2) is 5.82 Å². The predicted octanol–water partition coefficient (Wildman–Crippen LogP) is 6.16. The Bertz CT molecular complexity index is 1270. The smallest absolute Gasteiger partial charge is 0.295 e. The van der Waals surface area contributed by atoms with Crippen LogP contribution in [0.1, 0.15) is 10.6 Å². The van der Waals surface area contributed by atoms with Crippen molar-refractivity contribution >= 4 is 46.4 Å². The summed E-state index contributed by atoms with van der Waals surface area (Å²) in [5.41, 5.74) is 1.84. The van der Waals surface area contributed by atoms with E-state index in [0.717, 1.165) is 0 Å². The second kappa shape index (κ2) is 8.98. The highest BCUT2D eigenvalue weighted by Gasteiger charge is 2.20. The van der Waals surface area contributed by atoms with E-state index in [1.807, 2.05) is 6.07 Å². The average molecular weight is 474 g/mol. The summed E-state index contributed by atoms with van der Waals surface area (Å²) in [4.78, 5) is 17.3.